The molecule has 2 heterocycles. The lowest BCUT2D eigenvalue weighted by molar-refractivity contribution is -0.148. The number of fused-ring (bicyclic) bond motifs is 1. The van der Waals surface area contributed by atoms with E-state index in [-0.39, 0.29) is 12.0 Å². The van der Waals surface area contributed by atoms with E-state index in [1.165, 1.54) is 23.8 Å². The Morgan fingerprint density at radius 3 is 2.62 bits per heavy atom. The van der Waals surface area contributed by atoms with Crippen molar-refractivity contribution in [2.75, 3.05) is 7.11 Å². The van der Waals surface area contributed by atoms with E-state index in [4.69, 9.17) is 17.0 Å². The third kappa shape index (κ3) is 4.02. The van der Waals surface area contributed by atoms with E-state index in [1.807, 2.05) is 28.9 Å². The van der Waals surface area contributed by atoms with Gasteiger partial charge in [0.2, 0.25) is 4.77 Å². The fourth-order valence-corrected chi connectivity index (χ4v) is 3.95. The number of rotatable bonds is 5. The largest absolute Gasteiger partial charge is 0.468 e. The quantitative estimate of drug-likeness (QED) is 0.515. The van der Waals surface area contributed by atoms with Gasteiger partial charge in [0.1, 0.15) is 6.04 Å². The van der Waals surface area contributed by atoms with Gasteiger partial charge in [-0.1, -0.05) is 55.5 Å². The first-order valence-corrected chi connectivity index (χ1v) is 10.1. The van der Waals surface area contributed by atoms with Crippen LogP contribution >= 0.6 is 12.2 Å². The van der Waals surface area contributed by atoms with Crippen molar-refractivity contribution in [2.45, 2.75) is 39.0 Å². The van der Waals surface area contributed by atoms with E-state index in [0.717, 1.165) is 17.8 Å². The van der Waals surface area contributed by atoms with Crippen LogP contribution in [0.1, 0.15) is 23.6 Å². The van der Waals surface area contributed by atoms with Crippen LogP contribution in [-0.4, -0.2) is 38.8 Å². The summed E-state index contributed by atoms with van der Waals surface area (Å²) < 4.78 is 7.33. The minimum atomic E-state index is -0.354. The number of aryl methyl sites for hydroxylation is 1. The van der Waals surface area contributed by atoms with Gasteiger partial charge in [0.15, 0.2) is 5.82 Å². The van der Waals surface area contributed by atoms with Gasteiger partial charge >= 0.3 is 5.97 Å². The molecule has 2 aromatic carbocycles. The Morgan fingerprint density at radius 1 is 1.21 bits per heavy atom. The molecule has 1 aromatic heterocycles. The third-order valence-electron chi connectivity index (χ3n) is 5.46. The van der Waals surface area contributed by atoms with Gasteiger partial charge in [0.25, 0.3) is 0 Å². The Bertz CT molecular complexity index is 1070. The summed E-state index contributed by atoms with van der Waals surface area (Å²) in [5.41, 5.74) is 4.67. The molecular weight excluding hydrogens is 384 g/mol. The van der Waals surface area contributed by atoms with Crippen molar-refractivity contribution in [1.82, 2.24) is 19.7 Å². The van der Waals surface area contributed by atoms with Gasteiger partial charge < -0.3 is 4.74 Å². The minimum absolute atomic E-state index is 0.235. The molecule has 0 spiro atoms. The lowest BCUT2D eigenvalue weighted by Crippen LogP contribution is -2.46. The molecule has 29 heavy (non-hydrogen) atoms. The average Bonchev–Trinajstić information content (AvgIpc) is 3.13. The van der Waals surface area contributed by atoms with Crippen molar-refractivity contribution in [1.29, 1.82) is 0 Å². The summed E-state index contributed by atoms with van der Waals surface area (Å²) in [6.45, 7) is 3.22. The molecule has 1 aliphatic heterocycles. The van der Waals surface area contributed by atoms with Gasteiger partial charge in [0.05, 0.1) is 13.8 Å². The molecule has 4 rings (SSSR count). The van der Waals surface area contributed by atoms with Crippen LogP contribution in [-0.2, 0) is 35.6 Å². The summed E-state index contributed by atoms with van der Waals surface area (Å²) in [5, 5.41) is 3.29. The molecule has 0 radical (unpaired) electrons. The van der Waals surface area contributed by atoms with Crippen LogP contribution in [0.2, 0.25) is 0 Å². The van der Waals surface area contributed by atoms with Crippen molar-refractivity contribution >= 4 is 18.2 Å². The molecule has 0 aliphatic carbocycles. The normalized spacial score (nSPS) is 16.4. The first-order chi connectivity index (χ1) is 14.1. The van der Waals surface area contributed by atoms with Gasteiger partial charge in [-0.15, -0.1) is 0 Å². The van der Waals surface area contributed by atoms with Crippen LogP contribution in [0.3, 0.4) is 0 Å². The number of methoxy groups -OCH3 is 1. The third-order valence-corrected chi connectivity index (χ3v) is 5.77. The highest BCUT2D eigenvalue weighted by molar-refractivity contribution is 7.71. The fraction of sp³-hybridized carbons (Fsp3) is 0.318. The van der Waals surface area contributed by atoms with E-state index in [2.05, 4.69) is 46.2 Å². The summed E-state index contributed by atoms with van der Waals surface area (Å²) >= 11 is 5.48. The van der Waals surface area contributed by atoms with Crippen molar-refractivity contribution in [3.05, 3.63) is 70.0 Å². The van der Waals surface area contributed by atoms with E-state index in [9.17, 15) is 4.79 Å². The highest BCUT2D eigenvalue weighted by Gasteiger charge is 2.32. The van der Waals surface area contributed by atoms with Crippen molar-refractivity contribution in [3.63, 3.8) is 0 Å². The van der Waals surface area contributed by atoms with E-state index in [0.29, 0.717) is 24.4 Å². The van der Waals surface area contributed by atoms with Gasteiger partial charge in [-0.05, 0) is 41.7 Å². The molecule has 7 heteroatoms. The molecule has 6 nitrogen and oxygen atoms in total. The first-order valence-electron chi connectivity index (χ1n) is 9.74. The Kier molecular flexibility index (Phi) is 5.60. The number of aromatic nitrogens is 3. The molecular formula is C22H24N4O2S. The maximum Gasteiger partial charge on any atom is 0.323 e. The lowest BCUT2D eigenvalue weighted by atomic mass is 9.94. The summed E-state index contributed by atoms with van der Waals surface area (Å²) in [4.78, 5) is 19.0. The second kappa shape index (κ2) is 8.31. The SMILES string of the molecule is CCc1ccc(-c2nc(=S)n(CN3Cc4ccccc4CC3C(=O)OC)[nH]2)cc1. The molecule has 1 N–H and O–H groups in total. The average molecular weight is 409 g/mol. The van der Waals surface area contributed by atoms with E-state index in [1.54, 1.807) is 0 Å². The van der Waals surface area contributed by atoms with Crippen LogP contribution in [0, 0.1) is 4.77 Å². The monoisotopic (exact) mass is 408 g/mol. The highest BCUT2D eigenvalue weighted by atomic mass is 32.1. The number of carbonyl (C=O) groups excluding carboxylic acids is 1. The van der Waals surface area contributed by atoms with Gasteiger partial charge in [-0.2, -0.15) is 4.98 Å². The molecule has 0 saturated heterocycles. The lowest BCUT2D eigenvalue weighted by Gasteiger charge is -2.34. The summed E-state index contributed by atoms with van der Waals surface area (Å²) in [6.07, 6.45) is 1.62. The summed E-state index contributed by atoms with van der Waals surface area (Å²) in [5.74, 6) is 0.491. The second-order valence-electron chi connectivity index (χ2n) is 7.23. The highest BCUT2D eigenvalue weighted by Crippen LogP contribution is 2.25. The number of nitrogens with one attached hydrogen (secondary N) is 1. The minimum Gasteiger partial charge on any atom is -0.468 e. The molecule has 1 unspecified atom stereocenters. The zero-order valence-corrected chi connectivity index (χ0v) is 17.4. The zero-order valence-electron chi connectivity index (χ0n) is 16.6. The Balaban J connectivity index is 1.61. The van der Waals surface area contributed by atoms with Crippen LogP contribution in [0.4, 0.5) is 0 Å². The molecule has 1 atom stereocenters. The molecule has 1 aliphatic rings. The molecule has 0 bridgehead atoms. The summed E-state index contributed by atoms with van der Waals surface area (Å²) in [7, 11) is 1.43. The van der Waals surface area contributed by atoms with E-state index >= 15 is 0 Å². The summed E-state index contributed by atoms with van der Waals surface area (Å²) in [6, 6.07) is 16.1. The van der Waals surface area contributed by atoms with Crippen molar-refractivity contribution in [3.8, 4) is 11.4 Å². The Morgan fingerprint density at radius 2 is 1.93 bits per heavy atom. The number of esters is 1. The van der Waals surface area contributed by atoms with Crippen LogP contribution in [0.5, 0.6) is 0 Å². The fourth-order valence-electron chi connectivity index (χ4n) is 3.76. The van der Waals surface area contributed by atoms with Crippen LogP contribution < -0.4 is 0 Å². The van der Waals surface area contributed by atoms with Gasteiger partial charge in [0, 0.05) is 12.1 Å². The number of ether oxygens (including phenoxy) is 1. The Labute approximate surface area is 175 Å². The number of benzene rings is 2. The molecule has 150 valence electrons. The zero-order chi connectivity index (χ0) is 20.4. The topological polar surface area (TPSA) is 63.1 Å². The number of nitrogens with zero attached hydrogens (tertiary/aromatic N) is 3. The standard InChI is InChI=1S/C22H24N4O2S/c1-3-15-8-10-16(11-9-15)20-23-22(29)26(24-20)14-25-13-18-7-5-4-6-17(18)12-19(25)21(27)28-2/h4-11,19H,3,12-14H2,1-2H3,(H,23,24,29). The maximum absolute atomic E-state index is 12.4. The number of carbonyl (C=O) groups is 1. The Hall–Kier alpha value is -2.77. The predicted octanol–water partition coefficient (Wildman–Crippen LogP) is 3.73. The molecule has 0 fully saturated rings. The smallest absolute Gasteiger partial charge is 0.323 e. The van der Waals surface area contributed by atoms with Crippen LogP contribution in [0.15, 0.2) is 48.5 Å². The number of hydrogen-bond donors (Lipinski definition) is 1. The van der Waals surface area contributed by atoms with Gasteiger partial charge in [-0.25, -0.2) is 4.68 Å². The molecule has 0 saturated carbocycles. The molecule has 0 amide bonds. The number of aromatic amines is 1. The number of H-pyrrole nitrogens is 1. The molecule has 3 aromatic rings. The van der Waals surface area contributed by atoms with Crippen molar-refractivity contribution < 1.29 is 9.53 Å². The van der Waals surface area contributed by atoms with Gasteiger partial charge in [-0.3, -0.25) is 14.8 Å². The maximum atomic E-state index is 12.4. The first kappa shape index (κ1) is 19.5. The van der Waals surface area contributed by atoms with Crippen molar-refractivity contribution in [2.24, 2.45) is 0 Å². The predicted molar refractivity (Wildman–Crippen MR) is 114 cm³/mol. The van der Waals surface area contributed by atoms with E-state index < -0.39 is 0 Å². The second-order valence-corrected chi connectivity index (χ2v) is 7.60. The number of hydrogen-bond acceptors (Lipinski definition) is 5. The van der Waals surface area contributed by atoms with Crippen LogP contribution in [0.25, 0.3) is 11.4 Å².